The van der Waals surface area contributed by atoms with E-state index in [1.807, 2.05) is 0 Å². The fourth-order valence-electron chi connectivity index (χ4n) is 2.23. The molecule has 0 unspecified atom stereocenters. The quantitative estimate of drug-likeness (QED) is 0.442. The number of carbonyl (C=O) groups is 2. The third-order valence-electron chi connectivity index (χ3n) is 3.67. The third-order valence-corrected chi connectivity index (χ3v) is 3.67. The highest BCUT2D eigenvalue weighted by atomic mass is 19.4. The second-order valence-corrected chi connectivity index (χ2v) is 5.82. The fraction of sp³-hybridized carbons (Fsp3) is 0.350. The number of alkyl halides is 3. The zero-order valence-corrected chi connectivity index (χ0v) is 16.3. The van der Waals surface area contributed by atoms with E-state index in [9.17, 15) is 22.8 Å². The van der Waals surface area contributed by atoms with Gasteiger partial charge in [-0.15, -0.1) is 0 Å². The Morgan fingerprint density at radius 2 is 1.50 bits per heavy atom. The highest BCUT2D eigenvalue weighted by Gasteiger charge is 2.31. The molecule has 30 heavy (non-hydrogen) atoms. The Morgan fingerprint density at radius 1 is 0.933 bits per heavy atom. The number of pyridine rings is 1. The summed E-state index contributed by atoms with van der Waals surface area (Å²) in [4.78, 5) is 27.5. The predicted molar refractivity (Wildman–Crippen MR) is 98.0 cm³/mol. The van der Waals surface area contributed by atoms with Gasteiger partial charge in [0.25, 0.3) is 0 Å². The first-order valence-electron chi connectivity index (χ1n) is 9.01. The van der Waals surface area contributed by atoms with Gasteiger partial charge in [0.05, 0.1) is 18.8 Å². The fourth-order valence-corrected chi connectivity index (χ4v) is 2.23. The topological polar surface area (TPSA) is 84.0 Å². The lowest BCUT2D eigenvalue weighted by molar-refractivity contribution is -0.163. The van der Waals surface area contributed by atoms with Crippen LogP contribution in [0, 0.1) is 5.92 Å². The molecule has 1 aromatic heterocycles. The van der Waals surface area contributed by atoms with Crippen molar-refractivity contribution in [1.82, 2.24) is 4.98 Å². The van der Waals surface area contributed by atoms with E-state index in [-0.39, 0.29) is 25.7 Å². The summed E-state index contributed by atoms with van der Waals surface area (Å²) < 4.78 is 58.2. The van der Waals surface area contributed by atoms with Gasteiger partial charge >= 0.3 is 18.1 Å². The van der Waals surface area contributed by atoms with Crippen LogP contribution < -0.4 is 9.47 Å². The molecule has 0 fully saturated rings. The number of nitrogens with zero attached hydrogens (tertiary/aromatic N) is 1. The Hall–Kier alpha value is -3.30. The number of halogens is 3. The minimum atomic E-state index is -4.48. The largest absolute Gasteiger partial charge is 0.492 e. The van der Waals surface area contributed by atoms with Crippen molar-refractivity contribution in [2.24, 2.45) is 5.92 Å². The van der Waals surface area contributed by atoms with Crippen molar-refractivity contribution >= 4 is 11.9 Å². The van der Waals surface area contributed by atoms with Crippen molar-refractivity contribution in [1.29, 1.82) is 0 Å². The second kappa shape index (κ2) is 10.5. The molecule has 2 rings (SSSR count). The first kappa shape index (κ1) is 23.0. The first-order chi connectivity index (χ1) is 14.2. The molecule has 1 aromatic carbocycles. The SMILES string of the molecule is CCOC(=O)C(COc1ccc(Oc2ccc(C(F)(F)F)cn2)cc1)C(=O)OCC. The molecular weight excluding hydrogens is 407 g/mol. The van der Waals surface area contributed by atoms with Crippen molar-refractivity contribution in [2.75, 3.05) is 19.8 Å². The van der Waals surface area contributed by atoms with Crippen LogP contribution in [0.15, 0.2) is 42.6 Å². The van der Waals surface area contributed by atoms with E-state index < -0.39 is 29.6 Å². The van der Waals surface area contributed by atoms with Crippen LogP contribution in [0.2, 0.25) is 0 Å². The first-order valence-corrected chi connectivity index (χ1v) is 9.01. The van der Waals surface area contributed by atoms with E-state index in [0.29, 0.717) is 17.7 Å². The smallest absolute Gasteiger partial charge is 0.417 e. The van der Waals surface area contributed by atoms with Gasteiger partial charge in [-0.25, -0.2) is 4.98 Å². The lowest BCUT2D eigenvalue weighted by atomic mass is 10.1. The zero-order chi connectivity index (χ0) is 22.1. The standard InChI is InChI=1S/C20H20F3NO6/c1-3-27-18(25)16(19(26)28-4-2)12-29-14-6-8-15(9-7-14)30-17-10-5-13(11-24-17)20(21,22)23/h5-11,16H,3-4,12H2,1-2H3. The molecule has 10 heteroatoms. The molecule has 2 aromatic rings. The monoisotopic (exact) mass is 427 g/mol. The number of esters is 2. The highest BCUT2D eigenvalue weighted by molar-refractivity contribution is 5.95. The Morgan fingerprint density at radius 3 is 1.97 bits per heavy atom. The molecule has 0 radical (unpaired) electrons. The summed E-state index contributed by atoms with van der Waals surface area (Å²) in [6.45, 7) is 3.17. The summed E-state index contributed by atoms with van der Waals surface area (Å²) in [5.74, 6) is -2.09. The molecule has 0 N–H and O–H groups in total. The molecule has 7 nitrogen and oxygen atoms in total. The van der Waals surface area contributed by atoms with Crippen LogP contribution in [-0.2, 0) is 25.2 Å². The lowest BCUT2D eigenvalue weighted by Crippen LogP contribution is -2.33. The van der Waals surface area contributed by atoms with Gasteiger partial charge in [0.1, 0.15) is 18.1 Å². The molecule has 0 aliphatic carbocycles. The maximum absolute atomic E-state index is 12.6. The Bertz CT molecular complexity index is 819. The van der Waals surface area contributed by atoms with Crippen molar-refractivity contribution in [3.05, 3.63) is 48.2 Å². The Kier molecular flexibility index (Phi) is 8.02. The van der Waals surface area contributed by atoms with Crippen molar-refractivity contribution in [3.8, 4) is 17.4 Å². The Labute approximate surface area is 170 Å². The van der Waals surface area contributed by atoms with Crippen LogP contribution in [-0.4, -0.2) is 36.7 Å². The predicted octanol–water partition coefficient (Wildman–Crippen LogP) is 4.01. The van der Waals surface area contributed by atoms with E-state index in [2.05, 4.69) is 4.98 Å². The number of carbonyl (C=O) groups excluding carboxylic acids is 2. The van der Waals surface area contributed by atoms with Crippen molar-refractivity contribution in [3.63, 3.8) is 0 Å². The van der Waals surface area contributed by atoms with Crippen LogP contribution in [0.1, 0.15) is 19.4 Å². The molecule has 0 aliphatic heterocycles. The summed E-state index contributed by atoms with van der Waals surface area (Å²) in [5, 5.41) is 0. The molecular formula is C20H20F3NO6. The molecule has 1 heterocycles. The Balaban J connectivity index is 1.97. The minimum Gasteiger partial charge on any atom is -0.492 e. The van der Waals surface area contributed by atoms with Gasteiger partial charge in [0.15, 0.2) is 5.92 Å². The molecule has 0 aliphatic rings. The van der Waals surface area contributed by atoms with E-state index in [0.717, 1.165) is 12.1 Å². The summed E-state index contributed by atoms with van der Waals surface area (Å²) in [5.41, 5.74) is -0.878. The molecule has 0 saturated heterocycles. The normalized spacial score (nSPS) is 11.1. The number of hydrogen-bond acceptors (Lipinski definition) is 7. The molecule has 0 amide bonds. The van der Waals surface area contributed by atoms with Gasteiger partial charge in [-0.1, -0.05) is 0 Å². The zero-order valence-electron chi connectivity index (χ0n) is 16.3. The van der Waals surface area contributed by atoms with Gasteiger partial charge in [0.2, 0.25) is 5.88 Å². The van der Waals surface area contributed by atoms with Gasteiger partial charge in [-0.05, 0) is 44.2 Å². The van der Waals surface area contributed by atoms with Gasteiger partial charge in [-0.2, -0.15) is 13.2 Å². The van der Waals surface area contributed by atoms with Crippen LogP contribution in [0.5, 0.6) is 17.4 Å². The summed E-state index contributed by atoms with van der Waals surface area (Å²) in [6, 6.07) is 7.98. The van der Waals surface area contributed by atoms with Gasteiger partial charge < -0.3 is 18.9 Å². The maximum atomic E-state index is 12.6. The number of benzene rings is 1. The highest BCUT2D eigenvalue weighted by Crippen LogP contribution is 2.30. The van der Waals surface area contributed by atoms with Crippen molar-refractivity contribution in [2.45, 2.75) is 20.0 Å². The van der Waals surface area contributed by atoms with Crippen LogP contribution in [0.25, 0.3) is 0 Å². The summed E-state index contributed by atoms with van der Waals surface area (Å²) in [7, 11) is 0. The van der Waals surface area contributed by atoms with E-state index in [1.54, 1.807) is 13.8 Å². The van der Waals surface area contributed by atoms with Gasteiger partial charge in [-0.3, -0.25) is 9.59 Å². The average molecular weight is 427 g/mol. The van der Waals surface area contributed by atoms with Crippen LogP contribution in [0.4, 0.5) is 13.2 Å². The molecule has 0 bridgehead atoms. The van der Waals surface area contributed by atoms with E-state index in [4.69, 9.17) is 18.9 Å². The average Bonchev–Trinajstić information content (AvgIpc) is 2.69. The molecule has 162 valence electrons. The minimum absolute atomic E-state index is 0.0126. The lowest BCUT2D eigenvalue weighted by Gasteiger charge is -2.15. The third kappa shape index (κ3) is 6.64. The summed E-state index contributed by atoms with van der Waals surface area (Å²) >= 11 is 0. The van der Waals surface area contributed by atoms with E-state index >= 15 is 0 Å². The number of hydrogen-bond donors (Lipinski definition) is 0. The number of aromatic nitrogens is 1. The van der Waals surface area contributed by atoms with Crippen molar-refractivity contribution < 1.29 is 41.7 Å². The molecule has 0 saturated carbocycles. The molecule has 0 spiro atoms. The second-order valence-electron chi connectivity index (χ2n) is 5.82. The number of ether oxygens (including phenoxy) is 4. The molecule has 0 atom stereocenters. The van der Waals surface area contributed by atoms with Crippen LogP contribution in [0.3, 0.4) is 0 Å². The van der Waals surface area contributed by atoms with Gasteiger partial charge in [0, 0.05) is 12.3 Å². The van der Waals surface area contributed by atoms with Crippen LogP contribution >= 0.6 is 0 Å². The summed E-state index contributed by atoms with van der Waals surface area (Å²) in [6.07, 6.45) is -3.80. The maximum Gasteiger partial charge on any atom is 0.417 e. The number of rotatable bonds is 9. The van der Waals surface area contributed by atoms with E-state index in [1.165, 1.54) is 24.3 Å².